The predicted octanol–water partition coefficient (Wildman–Crippen LogP) is 0.242. The van der Waals surface area contributed by atoms with E-state index in [2.05, 4.69) is 10.4 Å². The van der Waals surface area contributed by atoms with Gasteiger partial charge < -0.3 is 0 Å². The van der Waals surface area contributed by atoms with Gasteiger partial charge in [0.2, 0.25) is 0 Å². The summed E-state index contributed by atoms with van der Waals surface area (Å²) in [7, 11) is 1.51. The van der Waals surface area contributed by atoms with Crippen LogP contribution in [0.15, 0.2) is 23.0 Å². The molecule has 0 atom stereocenters. The Morgan fingerprint density at radius 1 is 1.39 bits per heavy atom. The Kier molecular flexibility index (Phi) is 2.92. The van der Waals surface area contributed by atoms with Gasteiger partial charge in [0.1, 0.15) is 0 Å². The minimum absolute atomic E-state index is 0.0604. The Labute approximate surface area is 102 Å². The third-order valence-electron chi connectivity index (χ3n) is 2.57. The van der Waals surface area contributed by atoms with Crippen molar-refractivity contribution in [1.82, 2.24) is 19.8 Å². The first-order chi connectivity index (χ1) is 8.49. The minimum Gasteiger partial charge on any atom is -0.258 e. The highest BCUT2D eigenvalue weighted by atomic mass is 16.6. The molecule has 1 aromatic carbocycles. The number of aryl methyl sites for hydroxylation is 2. The summed E-state index contributed by atoms with van der Waals surface area (Å²) in [5, 5.41) is 17.9. The molecule has 0 saturated carbocycles. The van der Waals surface area contributed by atoms with Crippen molar-refractivity contribution in [1.29, 1.82) is 0 Å². The van der Waals surface area contributed by atoms with Gasteiger partial charge in [-0.1, -0.05) is 6.07 Å². The predicted molar refractivity (Wildman–Crippen MR) is 62.2 cm³/mol. The number of benzene rings is 1. The van der Waals surface area contributed by atoms with Crippen molar-refractivity contribution in [2.75, 3.05) is 0 Å². The van der Waals surface area contributed by atoms with Gasteiger partial charge in [0, 0.05) is 18.7 Å². The highest BCUT2D eigenvalue weighted by Gasteiger charge is 2.11. The van der Waals surface area contributed by atoms with E-state index in [1.54, 1.807) is 19.1 Å². The Hall–Kier alpha value is -2.51. The Morgan fingerprint density at radius 2 is 2.11 bits per heavy atom. The lowest BCUT2D eigenvalue weighted by Crippen LogP contribution is -2.23. The molecule has 94 valence electrons. The molecule has 0 N–H and O–H groups in total. The van der Waals surface area contributed by atoms with E-state index in [4.69, 9.17) is 0 Å². The molecule has 0 aliphatic carbocycles. The Bertz CT molecular complexity index is 658. The van der Waals surface area contributed by atoms with Gasteiger partial charge in [0.05, 0.1) is 11.5 Å². The van der Waals surface area contributed by atoms with Gasteiger partial charge in [-0.3, -0.25) is 10.1 Å². The zero-order chi connectivity index (χ0) is 13.3. The van der Waals surface area contributed by atoms with E-state index in [0.29, 0.717) is 5.56 Å². The molecule has 0 unspecified atom stereocenters. The van der Waals surface area contributed by atoms with Crippen molar-refractivity contribution >= 4 is 5.69 Å². The number of rotatable bonds is 3. The van der Waals surface area contributed by atoms with Crippen LogP contribution in [0, 0.1) is 17.0 Å². The molecule has 8 nitrogen and oxygen atoms in total. The summed E-state index contributed by atoms with van der Waals surface area (Å²) in [5.41, 5.74) is 1.05. The average molecular weight is 249 g/mol. The van der Waals surface area contributed by atoms with Crippen molar-refractivity contribution in [2.45, 2.75) is 13.5 Å². The maximum absolute atomic E-state index is 11.5. The van der Waals surface area contributed by atoms with Crippen LogP contribution in [0.4, 0.5) is 5.69 Å². The second-order valence-electron chi connectivity index (χ2n) is 3.92. The SMILES string of the molecule is Cc1cc(Cn2nnn(C)c2=O)ccc1[N+](=O)[O-]. The fourth-order valence-corrected chi connectivity index (χ4v) is 1.64. The van der Waals surface area contributed by atoms with Crippen LogP contribution in [-0.4, -0.2) is 24.7 Å². The van der Waals surface area contributed by atoms with Crippen molar-refractivity contribution in [3.63, 3.8) is 0 Å². The molecule has 0 radical (unpaired) electrons. The first-order valence-corrected chi connectivity index (χ1v) is 5.20. The second-order valence-corrected chi connectivity index (χ2v) is 3.92. The number of nitro groups is 1. The van der Waals surface area contributed by atoms with Crippen molar-refractivity contribution in [3.8, 4) is 0 Å². The maximum Gasteiger partial charge on any atom is 0.363 e. The number of hydrogen-bond acceptors (Lipinski definition) is 5. The standard InChI is InChI=1S/C10H11N5O3/c1-7-5-8(3-4-9(7)15(17)18)6-14-10(16)13(2)11-12-14/h3-5H,6H2,1-2H3. The first-order valence-electron chi connectivity index (χ1n) is 5.20. The highest BCUT2D eigenvalue weighted by molar-refractivity contribution is 5.41. The molecule has 8 heteroatoms. The van der Waals surface area contributed by atoms with Crippen molar-refractivity contribution < 1.29 is 4.92 Å². The molecule has 0 spiro atoms. The van der Waals surface area contributed by atoms with E-state index >= 15 is 0 Å². The van der Waals surface area contributed by atoms with Gasteiger partial charge in [-0.15, -0.1) is 0 Å². The molecule has 18 heavy (non-hydrogen) atoms. The van der Waals surface area contributed by atoms with E-state index in [0.717, 1.165) is 10.2 Å². The molecule has 1 heterocycles. The summed E-state index contributed by atoms with van der Waals surface area (Å²) in [4.78, 5) is 21.8. The van der Waals surface area contributed by atoms with Gasteiger partial charge in [-0.05, 0) is 29.0 Å². The molecule has 0 aliphatic heterocycles. The maximum atomic E-state index is 11.5. The number of aromatic nitrogens is 4. The number of hydrogen-bond donors (Lipinski definition) is 0. The summed E-state index contributed by atoms with van der Waals surface area (Å²) in [6, 6.07) is 4.69. The second kappa shape index (κ2) is 4.40. The van der Waals surface area contributed by atoms with Gasteiger partial charge in [0.15, 0.2) is 0 Å². The van der Waals surface area contributed by atoms with Crippen LogP contribution in [0.5, 0.6) is 0 Å². The van der Waals surface area contributed by atoms with Crippen LogP contribution in [-0.2, 0) is 13.6 Å². The summed E-state index contributed by atoms with van der Waals surface area (Å²) >= 11 is 0. The summed E-state index contributed by atoms with van der Waals surface area (Å²) in [6.07, 6.45) is 0. The Morgan fingerprint density at radius 3 is 2.61 bits per heavy atom. The van der Waals surface area contributed by atoms with Crippen LogP contribution >= 0.6 is 0 Å². The van der Waals surface area contributed by atoms with Crippen molar-refractivity contribution in [2.24, 2.45) is 7.05 Å². The van der Waals surface area contributed by atoms with Crippen LogP contribution in [0.25, 0.3) is 0 Å². The number of nitro benzene ring substituents is 1. The van der Waals surface area contributed by atoms with E-state index in [9.17, 15) is 14.9 Å². The van der Waals surface area contributed by atoms with Crippen LogP contribution in [0.3, 0.4) is 0 Å². The van der Waals surface area contributed by atoms with Gasteiger partial charge in [-0.25, -0.2) is 4.79 Å². The molecule has 2 rings (SSSR count). The zero-order valence-corrected chi connectivity index (χ0v) is 9.90. The molecule has 0 amide bonds. The number of nitrogens with zero attached hydrogens (tertiary/aromatic N) is 5. The smallest absolute Gasteiger partial charge is 0.258 e. The van der Waals surface area contributed by atoms with E-state index in [1.807, 2.05) is 0 Å². The van der Waals surface area contributed by atoms with Crippen LogP contribution in [0.2, 0.25) is 0 Å². The largest absolute Gasteiger partial charge is 0.363 e. The summed E-state index contributed by atoms with van der Waals surface area (Å²) in [6.45, 7) is 1.90. The quantitative estimate of drug-likeness (QED) is 0.573. The summed E-state index contributed by atoms with van der Waals surface area (Å²) in [5.74, 6) is 0. The molecule has 0 fully saturated rings. The number of tetrazole rings is 1. The van der Waals surface area contributed by atoms with E-state index in [1.165, 1.54) is 17.8 Å². The third-order valence-corrected chi connectivity index (χ3v) is 2.57. The molecule has 0 bridgehead atoms. The van der Waals surface area contributed by atoms with Crippen LogP contribution < -0.4 is 5.69 Å². The minimum atomic E-state index is -0.437. The molecular weight excluding hydrogens is 238 g/mol. The fraction of sp³-hybridized carbons (Fsp3) is 0.300. The highest BCUT2D eigenvalue weighted by Crippen LogP contribution is 2.18. The fourth-order valence-electron chi connectivity index (χ4n) is 1.64. The van der Waals surface area contributed by atoms with Gasteiger partial charge >= 0.3 is 5.69 Å². The molecule has 1 aromatic heterocycles. The lowest BCUT2D eigenvalue weighted by molar-refractivity contribution is -0.385. The van der Waals surface area contributed by atoms with Crippen LogP contribution in [0.1, 0.15) is 11.1 Å². The van der Waals surface area contributed by atoms with Crippen molar-refractivity contribution in [3.05, 3.63) is 49.9 Å². The molecule has 0 aliphatic rings. The van der Waals surface area contributed by atoms with E-state index < -0.39 is 4.92 Å². The van der Waals surface area contributed by atoms with Gasteiger partial charge in [0.25, 0.3) is 5.69 Å². The Balaban J connectivity index is 2.31. The topological polar surface area (TPSA) is 95.8 Å². The molecular formula is C10H11N5O3. The van der Waals surface area contributed by atoms with Gasteiger partial charge in [-0.2, -0.15) is 9.36 Å². The average Bonchev–Trinajstić information content (AvgIpc) is 2.61. The first kappa shape index (κ1) is 12.0. The zero-order valence-electron chi connectivity index (χ0n) is 9.90. The third kappa shape index (κ3) is 2.12. The molecule has 2 aromatic rings. The molecule has 0 saturated heterocycles. The van der Waals surface area contributed by atoms with E-state index in [-0.39, 0.29) is 17.9 Å². The monoisotopic (exact) mass is 249 g/mol. The lowest BCUT2D eigenvalue weighted by atomic mass is 10.1. The lowest BCUT2D eigenvalue weighted by Gasteiger charge is -2.02. The normalized spacial score (nSPS) is 10.6. The summed E-state index contributed by atoms with van der Waals surface area (Å²) < 4.78 is 2.32.